The Balaban J connectivity index is 1.39. The number of fused-ring (bicyclic) bond motifs is 1. The van der Waals surface area contributed by atoms with Crippen molar-refractivity contribution in [3.8, 4) is 11.5 Å². The fourth-order valence-corrected chi connectivity index (χ4v) is 3.08. The average molecular weight is 375 g/mol. The summed E-state index contributed by atoms with van der Waals surface area (Å²) in [6.07, 6.45) is 1.67. The number of anilines is 2. The molecule has 142 valence electrons. The molecule has 28 heavy (non-hydrogen) atoms. The minimum Gasteiger partial charge on any atom is -0.454 e. The molecule has 0 unspecified atom stereocenters. The van der Waals surface area contributed by atoms with Gasteiger partial charge in [-0.1, -0.05) is 24.3 Å². The normalized spacial score (nSPS) is 11.9. The van der Waals surface area contributed by atoms with Gasteiger partial charge in [-0.2, -0.15) is 0 Å². The average Bonchev–Trinajstić information content (AvgIpc) is 3.17. The molecule has 1 aromatic heterocycles. The summed E-state index contributed by atoms with van der Waals surface area (Å²) in [7, 11) is 0. The molecular formula is C22H21N3O3. The van der Waals surface area contributed by atoms with Crippen LogP contribution in [0, 0.1) is 13.8 Å². The third-order valence-electron chi connectivity index (χ3n) is 4.64. The number of nitrogens with zero attached hydrogens (tertiary/aromatic N) is 1. The van der Waals surface area contributed by atoms with Crippen LogP contribution in [0.15, 0.2) is 54.7 Å². The number of amides is 1. The zero-order valence-electron chi connectivity index (χ0n) is 15.8. The van der Waals surface area contributed by atoms with Gasteiger partial charge in [0, 0.05) is 12.2 Å². The maximum absolute atomic E-state index is 12.4. The molecule has 1 aliphatic heterocycles. The van der Waals surface area contributed by atoms with Crippen LogP contribution >= 0.6 is 0 Å². The van der Waals surface area contributed by atoms with Crippen LogP contribution in [0.5, 0.6) is 11.5 Å². The number of hydrogen-bond donors (Lipinski definition) is 2. The summed E-state index contributed by atoms with van der Waals surface area (Å²) in [5, 5.41) is 6.24. The van der Waals surface area contributed by atoms with Gasteiger partial charge >= 0.3 is 0 Å². The molecule has 3 aromatic rings. The van der Waals surface area contributed by atoms with Crippen LogP contribution in [0.1, 0.15) is 27.2 Å². The lowest BCUT2D eigenvalue weighted by Gasteiger charge is -2.12. The van der Waals surface area contributed by atoms with Gasteiger partial charge in [0.2, 0.25) is 6.79 Å². The quantitative estimate of drug-likeness (QED) is 0.702. The summed E-state index contributed by atoms with van der Waals surface area (Å²) >= 11 is 0. The van der Waals surface area contributed by atoms with Gasteiger partial charge < -0.3 is 20.1 Å². The van der Waals surface area contributed by atoms with Crippen LogP contribution in [0.25, 0.3) is 0 Å². The predicted octanol–water partition coefficient (Wildman–Crippen LogP) is 4.10. The Morgan fingerprint density at radius 2 is 1.82 bits per heavy atom. The Kier molecular flexibility index (Phi) is 4.85. The van der Waals surface area contributed by atoms with E-state index in [0.29, 0.717) is 18.0 Å². The Bertz CT molecular complexity index is 996. The molecule has 0 saturated carbocycles. The summed E-state index contributed by atoms with van der Waals surface area (Å²) in [6, 6.07) is 15.3. The van der Waals surface area contributed by atoms with Crippen molar-refractivity contribution in [2.75, 3.05) is 12.1 Å². The van der Waals surface area contributed by atoms with Crippen molar-refractivity contribution in [2.24, 2.45) is 0 Å². The molecule has 1 aliphatic rings. The van der Waals surface area contributed by atoms with E-state index in [1.54, 1.807) is 12.3 Å². The lowest BCUT2D eigenvalue weighted by molar-refractivity contribution is 0.0946. The first-order valence-electron chi connectivity index (χ1n) is 9.06. The number of ether oxygens (including phenoxy) is 2. The number of nitrogens with one attached hydrogen (secondary N) is 2. The molecular weight excluding hydrogens is 354 g/mol. The molecule has 0 atom stereocenters. The summed E-state index contributed by atoms with van der Waals surface area (Å²) < 4.78 is 10.6. The minimum atomic E-state index is -0.226. The van der Waals surface area contributed by atoms with Gasteiger partial charge in [-0.3, -0.25) is 4.79 Å². The zero-order chi connectivity index (χ0) is 19.5. The highest BCUT2D eigenvalue weighted by Crippen LogP contribution is 2.32. The number of aryl methyl sites for hydroxylation is 2. The van der Waals surface area contributed by atoms with E-state index in [1.807, 2.05) is 30.3 Å². The second kappa shape index (κ2) is 7.60. The molecule has 6 heteroatoms. The fraction of sp³-hybridized carbons (Fsp3) is 0.182. The molecule has 0 saturated heterocycles. The smallest absolute Gasteiger partial charge is 0.270 e. The number of benzene rings is 2. The van der Waals surface area contributed by atoms with Crippen molar-refractivity contribution < 1.29 is 14.3 Å². The highest BCUT2D eigenvalue weighted by atomic mass is 16.7. The summed E-state index contributed by atoms with van der Waals surface area (Å²) in [5.41, 5.74) is 5.52. The molecule has 0 radical (unpaired) electrons. The molecule has 4 rings (SSSR count). The van der Waals surface area contributed by atoms with Gasteiger partial charge in [-0.05, 0) is 54.8 Å². The number of para-hydroxylation sites is 1. The summed E-state index contributed by atoms with van der Waals surface area (Å²) in [6.45, 7) is 4.73. The van der Waals surface area contributed by atoms with Gasteiger partial charge in [0.25, 0.3) is 5.91 Å². The van der Waals surface area contributed by atoms with Crippen molar-refractivity contribution >= 4 is 17.3 Å². The molecule has 0 fully saturated rings. The van der Waals surface area contributed by atoms with Crippen LogP contribution in [0.3, 0.4) is 0 Å². The standard InChI is InChI=1S/C22H21N3O3/c1-14-4-3-5-15(2)21(14)25-17-7-8-18(23-12-17)22(26)24-11-16-6-9-19-20(10-16)28-13-27-19/h3-10,12,25H,11,13H2,1-2H3,(H,24,26). The maximum Gasteiger partial charge on any atom is 0.270 e. The molecule has 6 nitrogen and oxygen atoms in total. The Hall–Kier alpha value is -3.54. The molecule has 2 N–H and O–H groups in total. The van der Waals surface area contributed by atoms with Crippen molar-refractivity contribution in [1.82, 2.24) is 10.3 Å². The van der Waals surface area contributed by atoms with Gasteiger partial charge in [0.05, 0.1) is 11.9 Å². The van der Waals surface area contributed by atoms with Crippen molar-refractivity contribution in [3.63, 3.8) is 0 Å². The lowest BCUT2D eigenvalue weighted by Crippen LogP contribution is -2.23. The van der Waals surface area contributed by atoms with Gasteiger partial charge in [-0.15, -0.1) is 0 Å². The molecule has 0 aliphatic carbocycles. The van der Waals surface area contributed by atoms with Crippen molar-refractivity contribution in [3.05, 3.63) is 77.1 Å². The SMILES string of the molecule is Cc1cccc(C)c1Nc1ccc(C(=O)NCc2ccc3c(c2)OCO3)nc1. The van der Waals surface area contributed by atoms with Crippen molar-refractivity contribution in [2.45, 2.75) is 20.4 Å². The highest BCUT2D eigenvalue weighted by Gasteiger charge is 2.14. The van der Waals surface area contributed by atoms with E-state index in [2.05, 4.69) is 41.6 Å². The Morgan fingerprint density at radius 3 is 2.57 bits per heavy atom. The topological polar surface area (TPSA) is 72.5 Å². The maximum atomic E-state index is 12.4. The van der Waals surface area contributed by atoms with Crippen LogP contribution < -0.4 is 20.1 Å². The molecule has 2 aromatic carbocycles. The van der Waals surface area contributed by atoms with E-state index in [0.717, 1.165) is 33.8 Å². The largest absolute Gasteiger partial charge is 0.454 e. The second-order valence-corrected chi connectivity index (χ2v) is 6.69. The Morgan fingerprint density at radius 1 is 1.04 bits per heavy atom. The monoisotopic (exact) mass is 375 g/mol. The van der Waals surface area contributed by atoms with Crippen LogP contribution in [0.2, 0.25) is 0 Å². The first-order chi connectivity index (χ1) is 13.6. The van der Waals surface area contributed by atoms with Crippen LogP contribution in [-0.2, 0) is 6.54 Å². The molecule has 1 amide bonds. The van der Waals surface area contributed by atoms with Crippen LogP contribution in [-0.4, -0.2) is 17.7 Å². The molecule has 0 spiro atoms. The Labute approximate surface area is 163 Å². The number of hydrogen-bond acceptors (Lipinski definition) is 5. The zero-order valence-corrected chi connectivity index (χ0v) is 15.8. The molecule has 0 bridgehead atoms. The van der Waals surface area contributed by atoms with E-state index in [4.69, 9.17) is 9.47 Å². The number of pyridine rings is 1. The number of carbonyl (C=O) groups is 1. The van der Waals surface area contributed by atoms with E-state index < -0.39 is 0 Å². The van der Waals surface area contributed by atoms with Gasteiger partial charge in [-0.25, -0.2) is 4.98 Å². The summed E-state index contributed by atoms with van der Waals surface area (Å²) in [4.78, 5) is 16.7. The summed E-state index contributed by atoms with van der Waals surface area (Å²) in [5.74, 6) is 1.20. The molecule has 2 heterocycles. The van der Waals surface area contributed by atoms with Gasteiger partial charge in [0.15, 0.2) is 11.5 Å². The van der Waals surface area contributed by atoms with E-state index in [9.17, 15) is 4.79 Å². The third kappa shape index (κ3) is 3.76. The predicted molar refractivity (Wildman–Crippen MR) is 107 cm³/mol. The number of aromatic nitrogens is 1. The number of rotatable bonds is 5. The van der Waals surface area contributed by atoms with Gasteiger partial charge in [0.1, 0.15) is 5.69 Å². The first-order valence-corrected chi connectivity index (χ1v) is 9.06. The first kappa shape index (κ1) is 17.9. The number of carbonyl (C=O) groups excluding carboxylic acids is 1. The minimum absolute atomic E-state index is 0.226. The second-order valence-electron chi connectivity index (χ2n) is 6.69. The third-order valence-corrected chi connectivity index (χ3v) is 4.64. The van der Waals surface area contributed by atoms with E-state index >= 15 is 0 Å². The van der Waals surface area contributed by atoms with E-state index in [1.165, 1.54) is 0 Å². The van der Waals surface area contributed by atoms with E-state index in [-0.39, 0.29) is 12.7 Å². The fourth-order valence-electron chi connectivity index (χ4n) is 3.08. The highest BCUT2D eigenvalue weighted by molar-refractivity contribution is 5.92. The lowest BCUT2D eigenvalue weighted by atomic mass is 10.1. The van der Waals surface area contributed by atoms with Crippen LogP contribution in [0.4, 0.5) is 11.4 Å². The van der Waals surface area contributed by atoms with Crippen molar-refractivity contribution in [1.29, 1.82) is 0 Å².